The van der Waals surface area contributed by atoms with Gasteiger partial charge in [-0.05, 0) is 67.1 Å². The van der Waals surface area contributed by atoms with Crippen molar-refractivity contribution in [1.82, 2.24) is 4.90 Å². The van der Waals surface area contributed by atoms with Crippen molar-refractivity contribution >= 4 is 47.6 Å². The quantitative estimate of drug-likeness (QED) is 0.104. The SMILES string of the molecule is CS/C(=C\c1ccc(C)c(O)c1)C(=O)N(C=O)CCCC(=O)Nc1ccc(/C(N)=N/N)cc1. The zero-order valence-corrected chi connectivity index (χ0v) is 19.3. The number of carbonyl (C=O) groups excluding carboxylic acids is 3. The molecule has 0 saturated heterocycles. The van der Waals surface area contributed by atoms with Gasteiger partial charge >= 0.3 is 0 Å². The number of hydrogen-bond donors (Lipinski definition) is 4. The van der Waals surface area contributed by atoms with E-state index in [1.807, 2.05) is 0 Å². The summed E-state index contributed by atoms with van der Waals surface area (Å²) in [4.78, 5) is 37.8. The highest BCUT2D eigenvalue weighted by Crippen LogP contribution is 2.23. The number of nitrogens with two attached hydrogens (primary N) is 2. The summed E-state index contributed by atoms with van der Waals surface area (Å²) >= 11 is 1.20. The third kappa shape index (κ3) is 7.39. The molecule has 0 atom stereocenters. The highest BCUT2D eigenvalue weighted by atomic mass is 32.2. The smallest absolute Gasteiger partial charge is 0.266 e. The van der Waals surface area contributed by atoms with Crippen molar-refractivity contribution < 1.29 is 19.5 Å². The van der Waals surface area contributed by atoms with Gasteiger partial charge in [-0.3, -0.25) is 19.3 Å². The molecule has 2 aromatic rings. The van der Waals surface area contributed by atoms with Gasteiger partial charge in [-0.15, -0.1) is 11.8 Å². The molecule has 0 unspecified atom stereocenters. The first-order chi connectivity index (χ1) is 15.8. The highest BCUT2D eigenvalue weighted by Gasteiger charge is 2.18. The number of anilines is 1. The van der Waals surface area contributed by atoms with Crippen LogP contribution in [0.25, 0.3) is 6.08 Å². The number of hydrazone groups is 1. The summed E-state index contributed by atoms with van der Waals surface area (Å²) in [7, 11) is 0. The number of phenolic OH excluding ortho intramolecular Hbond substituents is 1. The van der Waals surface area contributed by atoms with Crippen molar-refractivity contribution in [3.63, 3.8) is 0 Å². The van der Waals surface area contributed by atoms with Gasteiger partial charge in [0.15, 0.2) is 0 Å². The van der Waals surface area contributed by atoms with Gasteiger partial charge < -0.3 is 22.0 Å². The molecule has 0 radical (unpaired) electrons. The number of amidine groups is 1. The number of amides is 3. The second-order valence-corrected chi connectivity index (χ2v) is 7.95. The first-order valence-electron chi connectivity index (χ1n) is 10.0. The van der Waals surface area contributed by atoms with Crippen LogP contribution >= 0.6 is 11.8 Å². The lowest BCUT2D eigenvalue weighted by atomic mass is 10.1. The van der Waals surface area contributed by atoms with Crippen LogP contribution < -0.4 is 16.9 Å². The molecule has 0 saturated carbocycles. The Balaban J connectivity index is 1.93. The first kappa shape index (κ1) is 25.5. The monoisotopic (exact) mass is 469 g/mol. The van der Waals surface area contributed by atoms with E-state index >= 15 is 0 Å². The fourth-order valence-electron chi connectivity index (χ4n) is 2.85. The number of rotatable bonds is 10. The van der Waals surface area contributed by atoms with E-state index in [1.165, 1.54) is 11.8 Å². The predicted molar refractivity (Wildman–Crippen MR) is 131 cm³/mol. The molecule has 9 nitrogen and oxygen atoms in total. The molecule has 0 bridgehead atoms. The van der Waals surface area contributed by atoms with Crippen LogP contribution in [0.15, 0.2) is 52.5 Å². The number of nitrogens with zero attached hydrogens (tertiary/aromatic N) is 2. The summed E-state index contributed by atoms with van der Waals surface area (Å²) in [5.74, 6) is 4.73. The van der Waals surface area contributed by atoms with Gasteiger partial charge in [-0.2, -0.15) is 5.10 Å². The summed E-state index contributed by atoms with van der Waals surface area (Å²) < 4.78 is 0. The van der Waals surface area contributed by atoms with Crippen LogP contribution in [-0.2, 0) is 14.4 Å². The Morgan fingerprint density at radius 2 is 1.91 bits per heavy atom. The molecule has 0 aromatic heterocycles. The molecular weight excluding hydrogens is 442 g/mol. The van der Waals surface area contributed by atoms with Crippen molar-refractivity contribution in [2.24, 2.45) is 16.7 Å². The number of nitrogens with one attached hydrogen (secondary N) is 1. The summed E-state index contributed by atoms with van der Waals surface area (Å²) in [5, 5.41) is 16.0. The van der Waals surface area contributed by atoms with Crippen molar-refractivity contribution in [3.8, 4) is 5.75 Å². The zero-order valence-electron chi connectivity index (χ0n) is 18.4. The molecule has 0 spiro atoms. The summed E-state index contributed by atoms with van der Waals surface area (Å²) in [6, 6.07) is 11.8. The summed E-state index contributed by atoms with van der Waals surface area (Å²) in [5.41, 5.74) is 8.20. The van der Waals surface area contributed by atoms with Crippen molar-refractivity contribution in [2.45, 2.75) is 19.8 Å². The Hall–Kier alpha value is -3.79. The van der Waals surface area contributed by atoms with Gasteiger partial charge in [0.25, 0.3) is 5.91 Å². The van der Waals surface area contributed by atoms with E-state index in [9.17, 15) is 19.5 Å². The highest BCUT2D eigenvalue weighted by molar-refractivity contribution is 8.03. The third-order valence-electron chi connectivity index (χ3n) is 4.76. The Morgan fingerprint density at radius 1 is 1.21 bits per heavy atom. The molecule has 0 heterocycles. The molecular formula is C23H27N5O4S. The van der Waals surface area contributed by atoms with Crippen LogP contribution in [0.4, 0.5) is 5.69 Å². The number of benzene rings is 2. The van der Waals surface area contributed by atoms with Crippen LogP contribution in [0.1, 0.15) is 29.5 Å². The van der Waals surface area contributed by atoms with Crippen molar-refractivity contribution in [2.75, 3.05) is 18.1 Å². The van der Waals surface area contributed by atoms with Gasteiger partial charge in [0.05, 0.1) is 4.91 Å². The minimum absolute atomic E-state index is 0.0925. The maximum atomic E-state index is 12.8. The van der Waals surface area contributed by atoms with Crippen molar-refractivity contribution in [3.05, 3.63) is 64.1 Å². The van der Waals surface area contributed by atoms with Crippen LogP contribution in [0.5, 0.6) is 5.75 Å². The number of thioether (sulfide) groups is 1. The largest absolute Gasteiger partial charge is 0.508 e. The van der Waals surface area contributed by atoms with E-state index in [0.29, 0.717) is 34.6 Å². The van der Waals surface area contributed by atoms with E-state index in [0.717, 1.165) is 10.5 Å². The standard InChI is InChI=1S/C23H27N5O4S/c1-15-5-6-16(12-19(15)30)13-20(33-2)23(32)28(14-29)11-3-4-21(31)26-18-9-7-17(8-10-18)22(24)27-25/h5-10,12-14,30H,3-4,11,25H2,1-2H3,(H2,24,27)(H,26,31)/b20-13-. The second kappa shape index (κ2) is 12.3. The number of hydrogen-bond acceptors (Lipinski definition) is 7. The average Bonchev–Trinajstić information content (AvgIpc) is 2.82. The molecule has 0 fully saturated rings. The van der Waals surface area contributed by atoms with E-state index in [4.69, 9.17) is 11.6 Å². The molecule has 2 aromatic carbocycles. The fraction of sp³-hybridized carbons (Fsp3) is 0.217. The minimum Gasteiger partial charge on any atom is -0.508 e. The van der Waals surface area contributed by atoms with Gasteiger partial charge in [0.2, 0.25) is 12.3 Å². The lowest BCUT2D eigenvalue weighted by molar-refractivity contribution is -0.135. The van der Waals surface area contributed by atoms with Gasteiger partial charge in [0.1, 0.15) is 11.6 Å². The van der Waals surface area contributed by atoms with E-state index < -0.39 is 5.91 Å². The van der Waals surface area contributed by atoms with Crippen molar-refractivity contribution in [1.29, 1.82) is 0 Å². The zero-order chi connectivity index (χ0) is 24.4. The molecule has 3 amide bonds. The van der Waals surface area contributed by atoms with Gasteiger partial charge in [-0.1, -0.05) is 12.1 Å². The maximum absolute atomic E-state index is 12.8. The Morgan fingerprint density at radius 3 is 2.48 bits per heavy atom. The summed E-state index contributed by atoms with van der Waals surface area (Å²) in [6.45, 7) is 1.87. The van der Waals surface area contributed by atoms with Gasteiger partial charge in [-0.25, -0.2) is 0 Å². The number of carbonyl (C=O) groups is 3. The topological polar surface area (TPSA) is 151 Å². The third-order valence-corrected chi connectivity index (χ3v) is 5.49. The number of phenols is 1. The molecule has 0 aliphatic heterocycles. The summed E-state index contributed by atoms with van der Waals surface area (Å²) in [6.07, 6.45) is 4.22. The van der Waals surface area contributed by atoms with Gasteiger partial charge in [0, 0.05) is 24.2 Å². The Labute approximate surface area is 196 Å². The minimum atomic E-state index is -0.465. The van der Waals surface area contributed by atoms with Crippen LogP contribution in [-0.4, -0.2) is 46.9 Å². The first-order valence-corrected chi connectivity index (χ1v) is 11.3. The lowest BCUT2D eigenvalue weighted by Crippen LogP contribution is -2.31. The van der Waals surface area contributed by atoms with E-state index in [-0.39, 0.29) is 30.5 Å². The molecule has 174 valence electrons. The Kier molecular flexibility index (Phi) is 9.49. The number of aryl methyl sites for hydroxylation is 1. The Bertz CT molecular complexity index is 1070. The number of aromatic hydroxyl groups is 1. The second-order valence-electron chi connectivity index (χ2n) is 7.11. The predicted octanol–water partition coefficient (Wildman–Crippen LogP) is 2.39. The molecule has 0 aliphatic carbocycles. The molecule has 2 rings (SSSR count). The van der Waals surface area contributed by atoms with E-state index in [1.54, 1.807) is 61.7 Å². The number of imide groups is 1. The average molecular weight is 470 g/mol. The molecule has 0 aliphatic rings. The van der Waals surface area contributed by atoms with E-state index in [2.05, 4.69) is 10.4 Å². The molecule has 33 heavy (non-hydrogen) atoms. The lowest BCUT2D eigenvalue weighted by Gasteiger charge is -2.16. The fourth-order valence-corrected chi connectivity index (χ4v) is 3.40. The molecule has 10 heteroatoms. The van der Waals surface area contributed by atoms with Crippen LogP contribution in [0.2, 0.25) is 0 Å². The van der Waals surface area contributed by atoms with Crippen LogP contribution in [0, 0.1) is 6.92 Å². The maximum Gasteiger partial charge on any atom is 0.266 e. The normalized spacial score (nSPS) is 11.7. The van der Waals surface area contributed by atoms with Crippen LogP contribution in [0.3, 0.4) is 0 Å². The molecule has 6 N–H and O–H groups in total.